The minimum absolute atomic E-state index is 0.0118. The number of methoxy groups -OCH3 is 1. The zero-order valence-electron chi connectivity index (χ0n) is 12.3. The van der Waals surface area contributed by atoms with Gasteiger partial charge in [-0.3, -0.25) is 9.69 Å². The predicted molar refractivity (Wildman–Crippen MR) is 89.1 cm³/mol. The third-order valence-electron chi connectivity index (χ3n) is 4.12. The standard InChI is InChI=1S/C15H21IN2O3/c1-3-18-12(21-2)8-9-15(18,16)13(19)10-6-4-5-7-11(10)14(17)20/h4-7,12-13,19H,3,8-9H2,1-2H3,(H2,17,20)/t12-,13-,15+/m0/s1. The van der Waals surface area contributed by atoms with Gasteiger partial charge in [0.15, 0.2) is 0 Å². The summed E-state index contributed by atoms with van der Waals surface area (Å²) in [5.41, 5.74) is 6.38. The second kappa shape index (κ2) is 6.60. The molecule has 0 unspecified atom stereocenters. The van der Waals surface area contributed by atoms with Crippen LogP contribution in [-0.2, 0) is 4.74 Å². The Bertz CT molecular complexity index is 525. The van der Waals surface area contributed by atoms with Crippen LogP contribution in [0.1, 0.15) is 41.8 Å². The number of primary amides is 1. The molecular weight excluding hydrogens is 383 g/mol. The largest absolute Gasteiger partial charge is 0.386 e. The summed E-state index contributed by atoms with van der Waals surface area (Å²) in [6, 6.07) is 6.98. The summed E-state index contributed by atoms with van der Waals surface area (Å²) in [6.07, 6.45) is 0.821. The van der Waals surface area contributed by atoms with E-state index < -0.39 is 15.6 Å². The molecule has 0 spiro atoms. The van der Waals surface area contributed by atoms with Crippen molar-refractivity contribution in [3.63, 3.8) is 0 Å². The summed E-state index contributed by atoms with van der Waals surface area (Å²) >= 11 is 2.28. The van der Waals surface area contributed by atoms with Crippen LogP contribution < -0.4 is 5.73 Å². The van der Waals surface area contributed by atoms with Crippen molar-refractivity contribution >= 4 is 28.5 Å². The van der Waals surface area contributed by atoms with Crippen molar-refractivity contribution in [2.75, 3.05) is 13.7 Å². The van der Waals surface area contributed by atoms with E-state index in [0.717, 1.165) is 19.4 Å². The molecule has 0 aliphatic carbocycles. The zero-order valence-corrected chi connectivity index (χ0v) is 14.4. The first kappa shape index (κ1) is 16.7. The second-order valence-corrected chi connectivity index (χ2v) is 7.06. The van der Waals surface area contributed by atoms with E-state index in [9.17, 15) is 9.90 Å². The van der Waals surface area contributed by atoms with Gasteiger partial charge in [0.05, 0.1) is 0 Å². The number of nitrogens with two attached hydrogens (primary N) is 1. The summed E-state index contributed by atoms with van der Waals surface area (Å²) < 4.78 is 4.99. The molecule has 3 atom stereocenters. The van der Waals surface area contributed by atoms with Gasteiger partial charge in [-0.1, -0.05) is 47.7 Å². The van der Waals surface area contributed by atoms with E-state index in [-0.39, 0.29) is 6.23 Å². The van der Waals surface area contributed by atoms with Crippen LogP contribution in [0.15, 0.2) is 24.3 Å². The van der Waals surface area contributed by atoms with Crippen molar-refractivity contribution in [1.82, 2.24) is 4.90 Å². The molecular formula is C15H21IN2O3. The number of benzene rings is 1. The van der Waals surface area contributed by atoms with E-state index in [1.165, 1.54) is 0 Å². The maximum atomic E-state index is 11.6. The van der Waals surface area contributed by atoms with Crippen LogP contribution in [0.25, 0.3) is 0 Å². The molecule has 0 saturated carbocycles. The molecule has 1 fully saturated rings. The van der Waals surface area contributed by atoms with Crippen LogP contribution in [0.3, 0.4) is 0 Å². The number of carbonyl (C=O) groups is 1. The van der Waals surface area contributed by atoms with E-state index in [1.807, 2.05) is 13.0 Å². The van der Waals surface area contributed by atoms with Crippen LogP contribution in [-0.4, -0.2) is 39.3 Å². The first-order chi connectivity index (χ1) is 9.95. The molecule has 1 aromatic rings. The van der Waals surface area contributed by atoms with Gasteiger partial charge < -0.3 is 15.6 Å². The van der Waals surface area contributed by atoms with Gasteiger partial charge in [-0.15, -0.1) is 0 Å². The fraction of sp³-hybridized carbons (Fsp3) is 0.533. The molecule has 2 rings (SSSR count). The molecule has 0 bridgehead atoms. The number of ether oxygens (including phenoxy) is 1. The maximum Gasteiger partial charge on any atom is 0.249 e. The van der Waals surface area contributed by atoms with Crippen LogP contribution in [0, 0.1) is 0 Å². The van der Waals surface area contributed by atoms with Gasteiger partial charge in [-0.05, 0) is 31.0 Å². The van der Waals surface area contributed by atoms with Gasteiger partial charge in [0.1, 0.15) is 15.9 Å². The van der Waals surface area contributed by atoms with Crippen molar-refractivity contribution in [2.24, 2.45) is 5.73 Å². The van der Waals surface area contributed by atoms with Crippen LogP contribution in [0.5, 0.6) is 0 Å². The third-order valence-corrected chi connectivity index (χ3v) is 5.87. The highest BCUT2D eigenvalue weighted by Crippen LogP contribution is 2.48. The normalized spacial score (nSPS) is 27.7. The number of rotatable bonds is 5. The third kappa shape index (κ3) is 2.94. The molecule has 6 heteroatoms. The predicted octanol–water partition coefficient (Wildman–Crippen LogP) is 2.04. The fourth-order valence-electron chi connectivity index (χ4n) is 3.07. The number of amides is 1. The van der Waals surface area contributed by atoms with Gasteiger partial charge in [0.25, 0.3) is 0 Å². The van der Waals surface area contributed by atoms with Crippen molar-refractivity contribution in [2.45, 2.75) is 35.6 Å². The number of aliphatic hydroxyl groups excluding tert-OH is 1. The average molecular weight is 404 g/mol. The smallest absolute Gasteiger partial charge is 0.249 e. The first-order valence-electron chi connectivity index (χ1n) is 7.01. The lowest BCUT2D eigenvalue weighted by Gasteiger charge is -2.39. The zero-order chi connectivity index (χ0) is 15.6. The Balaban J connectivity index is 2.39. The van der Waals surface area contributed by atoms with Crippen LogP contribution in [0.4, 0.5) is 0 Å². The molecule has 1 aliphatic heterocycles. The van der Waals surface area contributed by atoms with Crippen LogP contribution in [0.2, 0.25) is 0 Å². The lowest BCUT2D eigenvalue weighted by molar-refractivity contribution is -0.0476. The van der Waals surface area contributed by atoms with E-state index in [4.69, 9.17) is 10.5 Å². The minimum atomic E-state index is -0.804. The molecule has 1 aliphatic rings. The summed E-state index contributed by atoms with van der Waals surface area (Å²) in [6.45, 7) is 2.80. The van der Waals surface area contributed by atoms with Gasteiger partial charge in [0, 0.05) is 12.7 Å². The number of aliphatic hydroxyl groups is 1. The van der Waals surface area contributed by atoms with Gasteiger partial charge in [-0.25, -0.2) is 0 Å². The molecule has 5 nitrogen and oxygen atoms in total. The van der Waals surface area contributed by atoms with Crippen molar-refractivity contribution in [3.05, 3.63) is 35.4 Å². The number of hydrogen-bond acceptors (Lipinski definition) is 4. The SMILES string of the molecule is CCN1[C@@H](OC)CC[C@]1(I)[C@@H](O)c1ccccc1C(N)=O. The topological polar surface area (TPSA) is 75.8 Å². The number of alkyl halides is 1. The van der Waals surface area contributed by atoms with E-state index in [2.05, 4.69) is 27.5 Å². The highest BCUT2D eigenvalue weighted by atomic mass is 127. The molecule has 3 N–H and O–H groups in total. The monoisotopic (exact) mass is 404 g/mol. The van der Waals surface area contributed by atoms with Crippen molar-refractivity contribution in [1.29, 1.82) is 0 Å². The van der Waals surface area contributed by atoms with Crippen LogP contribution >= 0.6 is 22.6 Å². The van der Waals surface area contributed by atoms with Gasteiger partial charge in [-0.2, -0.15) is 0 Å². The molecule has 0 radical (unpaired) electrons. The van der Waals surface area contributed by atoms with E-state index in [0.29, 0.717) is 11.1 Å². The molecule has 1 aromatic carbocycles. The molecule has 21 heavy (non-hydrogen) atoms. The Morgan fingerprint density at radius 2 is 2.29 bits per heavy atom. The fourth-order valence-corrected chi connectivity index (χ4v) is 4.37. The molecule has 1 amide bonds. The summed E-state index contributed by atoms with van der Waals surface area (Å²) in [4.78, 5) is 13.7. The minimum Gasteiger partial charge on any atom is -0.386 e. The first-order valence-corrected chi connectivity index (χ1v) is 8.08. The Morgan fingerprint density at radius 3 is 2.86 bits per heavy atom. The molecule has 116 valence electrons. The molecule has 0 aromatic heterocycles. The number of likely N-dealkylation sites (tertiary alicyclic amines) is 1. The number of likely N-dealkylation sites (N-methyl/N-ethyl adjacent to an activating group) is 1. The number of hydrogen-bond donors (Lipinski definition) is 2. The van der Waals surface area contributed by atoms with Gasteiger partial charge in [0.2, 0.25) is 5.91 Å². The number of carbonyl (C=O) groups excluding carboxylic acids is 1. The highest BCUT2D eigenvalue weighted by molar-refractivity contribution is 14.1. The van der Waals surface area contributed by atoms with Crippen molar-refractivity contribution < 1.29 is 14.6 Å². The number of nitrogens with zero attached hydrogens (tertiary/aromatic N) is 1. The molecule has 1 heterocycles. The second-order valence-electron chi connectivity index (χ2n) is 5.19. The average Bonchev–Trinajstić information content (AvgIpc) is 2.83. The summed E-state index contributed by atoms with van der Waals surface area (Å²) in [5, 5.41) is 10.9. The Labute approximate surface area is 138 Å². The maximum absolute atomic E-state index is 11.6. The Morgan fingerprint density at radius 1 is 1.62 bits per heavy atom. The number of halogens is 1. The Hall–Kier alpha value is -0.700. The van der Waals surface area contributed by atoms with Gasteiger partial charge >= 0.3 is 0 Å². The summed E-state index contributed by atoms with van der Waals surface area (Å²) in [7, 11) is 1.68. The van der Waals surface area contributed by atoms with E-state index >= 15 is 0 Å². The lowest BCUT2D eigenvalue weighted by Crippen LogP contribution is -2.47. The Kier molecular flexibility index (Phi) is 5.24. The van der Waals surface area contributed by atoms with E-state index in [1.54, 1.807) is 25.3 Å². The van der Waals surface area contributed by atoms with Crippen molar-refractivity contribution in [3.8, 4) is 0 Å². The highest BCUT2D eigenvalue weighted by Gasteiger charge is 2.49. The molecule has 1 saturated heterocycles. The lowest BCUT2D eigenvalue weighted by atomic mass is 9.95. The summed E-state index contributed by atoms with van der Waals surface area (Å²) in [5.74, 6) is -0.519. The quantitative estimate of drug-likeness (QED) is 0.448.